The zero-order valence-electron chi connectivity index (χ0n) is 24.1. The lowest BCUT2D eigenvalue weighted by molar-refractivity contribution is 0.0996. The molecule has 0 radical (unpaired) electrons. The predicted molar refractivity (Wildman–Crippen MR) is 158 cm³/mol. The zero-order chi connectivity index (χ0) is 29.1. The maximum Gasteiger partial charge on any atom is 0.290 e. The van der Waals surface area contributed by atoms with E-state index in [0.29, 0.717) is 46.1 Å². The van der Waals surface area contributed by atoms with Gasteiger partial charge in [-0.05, 0) is 41.8 Å². The van der Waals surface area contributed by atoms with Gasteiger partial charge in [0.15, 0.2) is 5.82 Å². The van der Waals surface area contributed by atoms with Gasteiger partial charge >= 0.3 is 0 Å². The third kappa shape index (κ3) is 4.83. The van der Waals surface area contributed by atoms with Crippen molar-refractivity contribution >= 4 is 23.1 Å². The molecule has 2 aromatic heterocycles. The van der Waals surface area contributed by atoms with Gasteiger partial charge in [-0.3, -0.25) is 19.2 Å². The van der Waals surface area contributed by atoms with Crippen LogP contribution in [0.2, 0.25) is 0 Å². The quantitative estimate of drug-likeness (QED) is 0.387. The second kappa shape index (κ2) is 9.97. The summed E-state index contributed by atoms with van der Waals surface area (Å²) in [5.74, 6) is 0.494. The highest BCUT2D eigenvalue weighted by Crippen LogP contribution is 2.37. The highest BCUT2D eigenvalue weighted by Gasteiger charge is 2.32. The number of benzene rings is 2. The van der Waals surface area contributed by atoms with Crippen molar-refractivity contribution in [3.63, 3.8) is 0 Å². The lowest BCUT2D eigenvalue weighted by atomic mass is 9.85. The number of anilines is 3. The number of amides is 1. The Hall–Kier alpha value is -4.28. The summed E-state index contributed by atoms with van der Waals surface area (Å²) < 4.78 is 3.23. The molecule has 0 spiro atoms. The standard InChI is InChI=1S/C31H35N7O3/c1-31(2,3)20-9-10-22-19(13-20)16-37(29(22)40)27-8-6-7-23(24(27)18-39)25-15-26(30(41)36(5)33-25)32-28-14-21-17-35(4)11-12-38(21)34-28/h6-10,13-15,39H,11-12,16-18H2,1-5H3,(H,32,34). The van der Waals surface area contributed by atoms with Crippen LogP contribution in [-0.4, -0.2) is 49.1 Å². The van der Waals surface area contributed by atoms with Crippen LogP contribution in [-0.2, 0) is 38.7 Å². The third-order valence-electron chi connectivity index (χ3n) is 7.97. The number of likely N-dealkylation sites (N-methyl/N-ethyl adjacent to an activating group) is 1. The molecule has 2 aliphatic heterocycles. The molecule has 0 saturated carbocycles. The largest absolute Gasteiger partial charge is 0.392 e. The van der Waals surface area contributed by atoms with Crippen molar-refractivity contribution in [1.82, 2.24) is 24.5 Å². The summed E-state index contributed by atoms with van der Waals surface area (Å²) in [7, 11) is 3.67. The lowest BCUT2D eigenvalue weighted by Crippen LogP contribution is -2.30. The first kappa shape index (κ1) is 26.9. The minimum Gasteiger partial charge on any atom is -0.392 e. The fourth-order valence-electron chi connectivity index (χ4n) is 5.64. The molecule has 212 valence electrons. The molecule has 4 heterocycles. The first-order chi connectivity index (χ1) is 19.5. The van der Waals surface area contributed by atoms with E-state index in [-0.39, 0.29) is 23.5 Å². The average Bonchev–Trinajstić information content (AvgIpc) is 3.49. The number of carbonyl (C=O) groups excluding carboxylic acids is 1. The van der Waals surface area contributed by atoms with Crippen molar-refractivity contribution in [2.45, 2.75) is 52.4 Å². The maximum absolute atomic E-state index is 13.5. The number of nitrogens with one attached hydrogen (secondary N) is 1. The van der Waals surface area contributed by atoms with Gasteiger partial charge in [0.1, 0.15) is 5.69 Å². The van der Waals surface area contributed by atoms with Crippen LogP contribution in [0.15, 0.2) is 53.3 Å². The number of hydrogen-bond acceptors (Lipinski definition) is 7. The Labute approximate surface area is 238 Å². The van der Waals surface area contributed by atoms with Gasteiger partial charge in [-0.25, -0.2) is 4.68 Å². The van der Waals surface area contributed by atoms with Crippen LogP contribution < -0.4 is 15.8 Å². The number of aromatic nitrogens is 4. The lowest BCUT2D eigenvalue weighted by Gasteiger charge is -2.22. The van der Waals surface area contributed by atoms with E-state index in [2.05, 4.69) is 54.3 Å². The Morgan fingerprint density at radius 2 is 1.76 bits per heavy atom. The van der Waals surface area contributed by atoms with Gasteiger partial charge in [-0.1, -0.05) is 45.0 Å². The third-order valence-corrected chi connectivity index (χ3v) is 7.97. The van der Waals surface area contributed by atoms with Gasteiger partial charge in [0.2, 0.25) is 0 Å². The van der Waals surface area contributed by atoms with Crippen LogP contribution >= 0.6 is 0 Å². The van der Waals surface area contributed by atoms with Crippen molar-refractivity contribution < 1.29 is 9.90 Å². The molecule has 0 saturated heterocycles. The molecule has 0 fully saturated rings. The van der Waals surface area contributed by atoms with Crippen molar-refractivity contribution in [2.75, 3.05) is 23.8 Å². The Kier molecular flexibility index (Phi) is 6.55. The van der Waals surface area contributed by atoms with E-state index in [4.69, 9.17) is 0 Å². The fourth-order valence-corrected chi connectivity index (χ4v) is 5.64. The van der Waals surface area contributed by atoms with Crippen LogP contribution in [0, 0.1) is 0 Å². The van der Waals surface area contributed by atoms with Gasteiger partial charge in [0.25, 0.3) is 11.5 Å². The summed E-state index contributed by atoms with van der Waals surface area (Å²) in [5, 5.41) is 22.9. The number of aliphatic hydroxyl groups is 1. The van der Waals surface area contributed by atoms with E-state index in [0.717, 1.165) is 30.9 Å². The van der Waals surface area contributed by atoms with Crippen molar-refractivity contribution in [3.05, 3.63) is 86.8 Å². The van der Waals surface area contributed by atoms with Gasteiger partial charge in [-0.2, -0.15) is 10.2 Å². The first-order valence-electron chi connectivity index (χ1n) is 13.8. The zero-order valence-corrected chi connectivity index (χ0v) is 24.1. The Bertz CT molecular complexity index is 1730. The number of fused-ring (bicyclic) bond motifs is 2. The van der Waals surface area contributed by atoms with E-state index >= 15 is 0 Å². The molecular formula is C31H35N7O3. The molecule has 2 aromatic carbocycles. The SMILES string of the molecule is CN1CCn2nc(Nc3cc(-c4cccc(N5Cc6cc(C(C)(C)C)ccc6C5=O)c4CO)nn(C)c3=O)cc2C1. The van der Waals surface area contributed by atoms with Gasteiger partial charge in [0, 0.05) is 42.9 Å². The topological polar surface area (TPSA) is 109 Å². The number of carbonyl (C=O) groups is 1. The van der Waals surface area contributed by atoms with Crippen LogP contribution in [0.4, 0.5) is 17.2 Å². The summed E-state index contributed by atoms with van der Waals surface area (Å²) in [6.07, 6.45) is 0. The summed E-state index contributed by atoms with van der Waals surface area (Å²) in [6.45, 7) is 9.07. The minimum absolute atomic E-state index is 0.0331. The summed E-state index contributed by atoms with van der Waals surface area (Å²) in [4.78, 5) is 30.5. The van der Waals surface area contributed by atoms with Crippen molar-refractivity contribution in [3.8, 4) is 11.3 Å². The van der Waals surface area contributed by atoms with Gasteiger partial charge < -0.3 is 15.3 Å². The highest BCUT2D eigenvalue weighted by molar-refractivity contribution is 6.10. The molecule has 10 heteroatoms. The molecule has 0 unspecified atom stereocenters. The molecular weight excluding hydrogens is 518 g/mol. The second-order valence-corrected chi connectivity index (χ2v) is 12.0. The summed E-state index contributed by atoms with van der Waals surface area (Å²) >= 11 is 0. The molecule has 0 atom stereocenters. The average molecular weight is 554 g/mol. The van der Waals surface area contributed by atoms with Crippen LogP contribution in [0.5, 0.6) is 0 Å². The number of hydrogen-bond donors (Lipinski definition) is 2. The highest BCUT2D eigenvalue weighted by atomic mass is 16.3. The van der Waals surface area contributed by atoms with Crippen molar-refractivity contribution in [2.24, 2.45) is 7.05 Å². The van der Waals surface area contributed by atoms with E-state index in [9.17, 15) is 14.7 Å². The predicted octanol–water partition coefficient (Wildman–Crippen LogP) is 3.78. The van der Waals surface area contributed by atoms with Gasteiger partial charge in [-0.15, -0.1) is 0 Å². The number of rotatable bonds is 5. The van der Waals surface area contributed by atoms with Crippen LogP contribution in [0.25, 0.3) is 11.3 Å². The molecule has 6 rings (SSSR count). The van der Waals surface area contributed by atoms with E-state index in [1.807, 2.05) is 41.1 Å². The number of aliphatic hydroxyl groups excluding tert-OH is 1. The number of nitrogens with zero attached hydrogens (tertiary/aromatic N) is 6. The summed E-state index contributed by atoms with van der Waals surface area (Å²) in [6, 6.07) is 15.2. The summed E-state index contributed by atoms with van der Waals surface area (Å²) in [5.41, 5.74) is 6.24. The smallest absolute Gasteiger partial charge is 0.290 e. The van der Waals surface area contributed by atoms with E-state index < -0.39 is 0 Å². The fraction of sp³-hybridized carbons (Fsp3) is 0.355. The van der Waals surface area contributed by atoms with Crippen molar-refractivity contribution in [1.29, 1.82) is 0 Å². The normalized spacial score (nSPS) is 15.3. The Morgan fingerprint density at radius 3 is 2.51 bits per heavy atom. The molecule has 0 bridgehead atoms. The Balaban J connectivity index is 1.36. The maximum atomic E-state index is 13.5. The molecule has 41 heavy (non-hydrogen) atoms. The molecule has 10 nitrogen and oxygen atoms in total. The molecule has 2 N–H and O–H groups in total. The first-order valence-corrected chi connectivity index (χ1v) is 13.8. The van der Waals surface area contributed by atoms with Gasteiger partial charge in [0.05, 0.1) is 36.8 Å². The molecule has 2 aliphatic rings. The van der Waals surface area contributed by atoms with E-state index in [1.54, 1.807) is 18.0 Å². The monoisotopic (exact) mass is 553 g/mol. The minimum atomic E-state index is -0.298. The molecule has 4 aromatic rings. The van der Waals surface area contributed by atoms with Crippen LogP contribution in [0.3, 0.4) is 0 Å². The number of aryl methyl sites for hydroxylation is 1. The van der Waals surface area contributed by atoms with Crippen LogP contribution in [0.1, 0.15) is 53.5 Å². The molecule has 1 amide bonds. The van der Waals surface area contributed by atoms with E-state index in [1.165, 1.54) is 10.2 Å². The second-order valence-electron chi connectivity index (χ2n) is 12.0. The Morgan fingerprint density at radius 1 is 0.951 bits per heavy atom. The molecule has 0 aliphatic carbocycles.